The van der Waals surface area contributed by atoms with Crippen LogP contribution >= 0.6 is 0 Å². The van der Waals surface area contributed by atoms with Gasteiger partial charge in [-0.1, -0.05) is 19.8 Å². The largest absolute Gasteiger partial charge is 0.438 e. The number of oxazole rings is 1. The van der Waals surface area contributed by atoms with Crippen molar-refractivity contribution in [2.75, 3.05) is 25.6 Å². The molecule has 0 spiro atoms. The maximum atomic E-state index is 13.5. The molecule has 11 nitrogen and oxygen atoms in total. The lowest BCUT2D eigenvalue weighted by atomic mass is 9.79. The summed E-state index contributed by atoms with van der Waals surface area (Å²) in [5, 5.41) is 7.49. The van der Waals surface area contributed by atoms with Crippen LogP contribution in [0.4, 0.5) is 23.8 Å². The van der Waals surface area contributed by atoms with Gasteiger partial charge in [0.2, 0.25) is 11.7 Å². The third-order valence-corrected chi connectivity index (χ3v) is 7.51. The van der Waals surface area contributed by atoms with Gasteiger partial charge in [-0.2, -0.15) is 13.2 Å². The summed E-state index contributed by atoms with van der Waals surface area (Å²) in [4.78, 5) is 48.0. The van der Waals surface area contributed by atoms with Gasteiger partial charge in [-0.25, -0.2) is 14.8 Å². The molecule has 2 aliphatic rings. The topological polar surface area (TPSA) is 139 Å². The Hall–Kier alpha value is -3.68. The van der Waals surface area contributed by atoms with Gasteiger partial charge in [0.25, 0.3) is 5.91 Å². The molecule has 1 saturated carbocycles. The second-order valence-corrected chi connectivity index (χ2v) is 10.4. The van der Waals surface area contributed by atoms with Crippen LogP contribution in [-0.4, -0.2) is 71.2 Å². The van der Waals surface area contributed by atoms with E-state index in [-0.39, 0.29) is 24.1 Å². The first kappa shape index (κ1) is 29.3. The van der Waals surface area contributed by atoms with Crippen LogP contribution in [0.3, 0.4) is 0 Å². The van der Waals surface area contributed by atoms with E-state index in [1.165, 1.54) is 19.4 Å². The minimum absolute atomic E-state index is 0.0190. The average Bonchev–Trinajstić information content (AvgIpc) is 3.52. The molecule has 2 fully saturated rings. The second kappa shape index (κ2) is 12.2. The third kappa shape index (κ3) is 6.72. The van der Waals surface area contributed by atoms with Crippen molar-refractivity contribution in [3.63, 3.8) is 0 Å². The minimum Gasteiger partial charge on any atom is -0.438 e. The Morgan fingerprint density at radius 2 is 1.98 bits per heavy atom. The summed E-state index contributed by atoms with van der Waals surface area (Å²) in [5.41, 5.74) is 0.820. The lowest BCUT2D eigenvalue weighted by Crippen LogP contribution is -2.49. The first-order valence-electron chi connectivity index (χ1n) is 13.1. The Kier molecular flexibility index (Phi) is 8.96. The molecule has 4 amide bonds. The molecule has 0 radical (unpaired) electrons. The molecule has 0 bridgehead atoms. The predicted octanol–water partition coefficient (Wildman–Crippen LogP) is 3.59. The standard InChI is InChI=1S/C26H33F3N6O5/c1-14-4-6-16(7-5-14)21(34-24(37)22-15(2)31-13-40-22)23(36)33-20-10-17(8-9-30-20)18(12-39-3)35-11-19(26(27,28)29)32-25(35)38/h8-10,13-14,16,18-19,21H,4-7,11-12H2,1-3H3,(H,32,38)(H,34,37)(H,30,33,36)/t14?,16?,18?,19-,21?/m0/s1. The van der Waals surface area contributed by atoms with Gasteiger partial charge in [0.05, 0.1) is 24.9 Å². The summed E-state index contributed by atoms with van der Waals surface area (Å²) in [6, 6.07) is -1.60. The van der Waals surface area contributed by atoms with Gasteiger partial charge in [-0.3, -0.25) is 9.59 Å². The molecule has 14 heteroatoms. The van der Waals surface area contributed by atoms with Gasteiger partial charge in [-0.15, -0.1) is 0 Å². The fraction of sp³-hybridized carbons (Fsp3) is 0.577. The van der Waals surface area contributed by atoms with Crippen molar-refractivity contribution in [2.24, 2.45) is 11.8 Å². The van der Waals surface area contributed by atoms with E-state index >= 15 is 0 Å². The van der Waals surface area contributed by atoms with Crippen LogP contribution in [0.25, 0.3) is 0 Å². The van der Waals surface area contributed by atoms with Crippen molar-refractivity contribution in [2.45, 2.75) is 63.8 Å². The van der Waals surface area contributed by atoms with E-state index in [9.17, 15) is 27.6 Å². The maximum Gasteiger partial charge on any atom is 0.410 e. The molecule has 3 atom stereocenters. The molecule has 1 aliphatic carbocycles. The number of pyridine rings is 1. The number of rotatable bonds is 9. The molecule has 40 heavy (non-hydrogen) atoms. The Bertz CT molecular complexity index is 1210. The van der Waals surface area contributed by atoms with Gasteiger partial charge in [0.1, 0.15) is 17.9 Å². The number of hydrogen-bond acceptors (Lipinski definition) is 7. The molecule has 1 aliphatic heterocycles. The highest BCUT2D eigenvalue weighted by atomic mass is 19.4. The Labute approximate surface area is 229 Å². The van der Waals surface area contributed by atoms with Crippen molar-refractivity contribution < 1.29 is 36.7 Å². The number of carbonyl (C=O) groups is 3. The first-order valence-corrected chi connectivity index (χ1v) is 13.1. The summed E-state index contributed by atoms with van der Waals surface area (Å²) in [6.45, 7) is 3.10. The number of alkyl halides is 3. The molecule has 2 aromatic heterocycles. The van der Waals surface area contributed by atoms with Crippen LogP contribution in [0.2, 0.25) is 0 Å². The van der Waals surface area contributed by atoms with Gasteiger partial charge >= 0.3 is 12.2 Å². The summed E-state index contributed by atoms with van der Waals surface area (Å²) in [5.74, 6) is -0.521. The van der Waals surface area contributed by atoms with Crippen LogP contribution in [0.5, 0.6) is 0 Å². The fourth-order valence-corrected chi connectivity index (χ4v) is 5.21. The number of amides is 4. The Morgan fingerprint density at radius 3 is 2.58 bits per heavy atom. The maximum absolute atomic E-state index is 13.5. The number of hydrogen-bond donors (Lipinski definition) is 3. The normalized spacial score (nSPS) is 22.9. The lowest BCUT2D eigenvalue weighted by molar-refractivity contribution is -0.150. The second-order valence-electron chi connectivity index (χ2n) is 10.4. The minimum atomic E-state index is -4.60. The highest BCUT2D eigenvalue weighted by molar-refractivity contribution is 6.00. The van der Waals surface area contributed by atoms with E-state index in [1.807, 2.05) is 5.32 Å². The number of anilines is 1. The Morgan fingerprint density at radius 1 is 1.25 bits per heavy atom. The lowest BCUT2D eigenvalue weighted by Gasteiger charge is -2.32. The van der Waals surface area contributed by atoms with E-state index in [0.29, 0.717) is 17.2 Å². The first-order chi connectivity index (χ1) is 19.0. The van der Waals surface area contributed by atoms with E-state index < -0.39 is 48.7 Å². The van der Waals surface area contributed by atoms with Gasteiger partial charge in [0, 0.05) is 13.3 Å². The van der Waals surface area contributed by atoms with Crippen molar-refractivity contribution in [1.82, 2.24) is 25.5 Å². The number of carbonyl (C=O) groups excluding carboxylic acids is 3. The molecule has 3 heterocycles. The summed E-state index contributed by atoms with van der Waals surface area (Å²) < 4.78 is 50.1. The molecule has 2 unspecified atom stereocenters. The van der Waals surface area contributed by atoms with Crippen molar-refractivity contribution >= 4 is 23.7 Å². The van der Waals surface area contributed by atoms with Gasteiger partial charge in [0.15, 0.2) is 6.39 Å². The molecule has 0 aromatic carbocycles. The third-order valence-electron chi connectivity index (χ3n) is 7.51. The van der Waals surface area contributed by atoms with E-state index in [4.69, 9.17) is 9.15 Å². The van der Waals surface area contributed by atoms with E-state index in [1.54, 1.807) is 13.0 Å². The number of aromatic nitrogens is 2. The smallest absolute Gasteiger partial charge is 0.410 e. The van der Waals surface area contributed by atoms with Crippen LogP contribution in [-0.2, 0) is 9.53 Å². The van der Waals surface area contributed by atoms with Crippen LogP contribution in [0, 0.1) is 18.8 Å². The van der Waals surface area contributed by atoms with E-state index in [2.05, 4.69) is 27.5 Å². The molecule has 2 aromatic rings. The zero-order chi connectivity index (χ0) is 29.0. The molecule has 1 saturated heterocycles. The number of halogens is 3. The van der Waals surface area contributed by atoms with Crippen molar-refractivity contribution in [1.29, 1.82) is 0 Å². The van der Waals surface area contributed by atoms with Crippen LogP contribution in [0.15, 0.2) is 29.1 Å². The summed E-state index contributed by atoms with van der Waals surface area (Å²) in [7, 11) is 1.38. The van der Waals surface area contributed by atoms with Crippen LogP contribution in [0.1, 0.15) is 60.5 Å². The molecular formula is C26H33F3N6O5. The fourth-order valence-electron chi connectivity index (χ4n) is 5.21. The van der Waals surface area contributed by atoms with E-state index in [0.717, 1.165) is 37.0 Å². The molecule has 3 N–H and O–H groups in total. The molecule has 4 rings (SSSR count). The van der Waals surface area contributed by atoms with Crippen molar-refractivity contribution in [3.8, 4) is 0 Å². The van der Waals surface area contributed by atoms with Crippen LogP contribution < -0.4 is 16.0 Å². The van der Waals surface area contributed by atoms with Crippen molar-refractivity contribution in [3.05, 3.63) is 41.7 Å². The quantitative estimate of drug-likeness (QED) is 0.422. The summed E-state index contributed by atoms with van der Waals surface area (Å²) in [6.07, 6.45) is 1.25. The number of nitrogens with zero attached hydrogens (tertiary/aromatic N) is 3. The highest BCUT2D eigenvalue weighted by Gasteiger charge is 2.48. The monoisotopic (exact) mass is 566 g/mol. The molecular weight excluding hydrogens is 533 g/mol. The predicted molar refractivity (Wildman–Crippen MR) is 136 cm³/mol. The number of aryl methyl sites for hydroxylation is 1. The SMILES string of the molecule is COCC(c1ccnc(NC(=O)C(NC(=O)c2ocnc2C)C2CCC(C)CC2)c1)N1C[C@@H](C(F)(F)F)NC1=O. The zero-order valence-electron chi connectivity index (χ0n) is 22.5. The Balaban J connectivity index is 1.53. The van der Waals surface area contributed by atoms with Gasteiger partial charge in [-0.05, 0) is 49.3 Å². The van der Waals surface area contributed by atoms with Gasteiger partial charge < -0.3 is 30.0 Å². The number of ether oxygens (including phenoxy) is 1. The molecule has 218 valence electrons. The summed E-state index contributed by atoms with van der Waals surface area (Å²) >= 11 is 0. The highest BCUT2D eigenvalue weighted by Crippen LogP contribution is 2.32. The number of nitrogens with one attached hydrogen (secondary N) is 3. The number of urea groups is 1. The number of methoxy groups -OCH3 is 1. The average molecular weight is 567 g/mol. The zero-order valence-corrected chi connectivity index (χ0v) is 22.5.